The van der Waals surface area contributed by atoms with Gasteiger partial charge in [0, 0.05) is 17.5 Å². The van der Waals surface area contributed by atoms with Crippen LogP contribution in [0.2, 0.25) is 0 Å². The Kier molecular flexibility index (Phi) is 4.72. The molecule has 24 heavy (non-hydrogen) atoms. The van der Waals surface area contributed by atoms with Crippen LogP contribution < -0.4 is 5.32 Å². The first-order chi connectivity index (χ1) is 11.4. The lowest BCUT2D eigenvalue weighted by Crippen LogP contribution is -2.47. The van der Waals surface area contributed by atoms with Crippen LogP contribution in [-0.2, 0) is 11.0 Å². The highest BCUT2D eigenvalue weighted by Gasteiger charge is 2.41. The number of hydrogen-bond acceptors (Lipinski definition) is 1. The second-order valence-corrected chi connectivity index (χ2v) is 6.63. The summed E-state index contributed by atoms with van der Waals surface area (Å²) in [6.07, 6.45) is 2.78. The van der Waals surface area contributed by atoms with Crippen LogP contribution in [-0.4, -0.2) is 17.3 Å². The minimum atomic E-state index is -4.39. The number of amides is 1. The number of halogens is 4. The van der Waals surface area contributed by atoms with Gasteiger partial charge in [-0.3, -0.25) is 4.79 Å². The monoisotopic (exact) mass is 355 g/mol. The van der Waals surface area contributed by atoms with Gasteiger partial charge in [-0.05, 0) is 30.9 Å². The first-order valence-electron chi connectivity index (χ1n) is 7.85. The molecule has 0 heterocycles. The van der Waals surface area contributed by atoms with Crippen LogP contribution in [0.1, 0.15) is 36.3 Å². The lowest BCUT2D eigenvalue weighted by atomic mass is 9.73. The minimum Gasteiger partial charge on any atom is -0.349 e. The Morgan fingerprint density at radius 2 is 1.96 bits per heavy atom. The molecule has 2 aliphatic carbocycles. The van der Waals surface area contributed by atoms with Gasteiger partial charge in [-0.2, -0.15) is 13.2 Å². The summed E-state index contributed by atoms with van der Waals surface area (Å²) in [6.45, 7) is 0. The van der Waals surface area contributed by atoms with E-state index in [1.54, 1.807) is 18.2 Å². The van der Waals surface area contributed by atoms with Gasteiger partial charge in [0.15, 0.2) is 0 Å². The molecule has 3 rings (SSSR count). The van der Waals surface area contributed by atoms with Crippen LogP contribution in [0.3, 0.4) is 0 Å². The topological polar surface area (TPSA) is 29.1 Å². The van der Waals surface area contributed by atoms with E-state index in [1.165, 1.54) is 12.1 Å². The molecule has 6 heteroatoms. The summed E-state index contributed by atoms with van der Waals surface area (Å²) in [6, 6.07) is 5.28. The van der Waals surface area contributed by atoms with Crippen molar-refractivity contribution >= 4 is 17.5 Å². The summed E-state index contributed by atoms with van der Waals surface area (Å²) in [7, 11) is 0. The van der Waals surface area contributed by atoms with E-state index in [2.05, 4.69) is 5.32 Å². The van der Waals surface area contributed by atoms with E-state index < -0.39 is 17.1 Å². The van der Waals surface area contributed by atoms with Crippen LogP contribution in [0.15, 0.2) is 48.1 Å². The van der Waals surface area contributed by atoms with Crippen molar-refractivity contribution in [1.82, 2.24) is 5.32 Å². The second kappa shape index (κ2) is 6.63. The van der Waals surface area contributed by atoms with Crippen LogP contribution in [0, 0.1) is 0 Å². The van der Waals surface area contributed by atoms with Gasteiger partial charge >= 0.3 is 6.18 Å². The first kappa shape index (κ1) is 17.1. The normalized spacial score (nSPS) is 26.5. The molecule has 128 valence electrons. The van der Waals surface area contributed by atoms with Gasteiger partial charge in [0.1, 0.15) is 0 Å². The average Bonchev–Trinajstić information content (AvgIpc) is 2.51. The highest BCUT2D eigenvalue weighted by Crippen LogP contribution is 2.43. The van der Waals surface area contributed by atoms with Crippen molar-refractivity contribution in [2.75, 3.05) is 0 Å². The third-order valence-electron chi connectivity index (χ3n) is 4.61. The fraction of sp³-hybridized carbons (Fsp3) is 0.389. The van der Waals surface area contributed by atoms with Crippen LogP contribution in [0.25, 0.3) is 0 Å². The number of rotatable bonds is 3. The zero-order valence-electron chi connectivity index (χ0n) is 12.8. The van der Waals surface area contributed by atoms with Gasteiger partial charge in [-0.15, -0.1) is 11.6 Å². The number of carbonyl (C=O) groups is 1. The molecule has 0 aliphatic heterocycles. The summed E-state index contributed by atoms with van der Waals surface area (Å²) < 4.78 is 39.5. The molecular weight excluding hydrogens is 339 g/mol. The predicted molar refractivity (Wildman–Crippen MR) is 86.8 cm³/mol. The summed E-state index contributed by atoms with van der Waals surface area (Å²) >= 11 is 6.13. The van der Waals surface area contributed by atoms with Crippen molar-refractivity contribution in [3.63, 3.8) is 0 Å². The number of nitrogens with one attached hydrogen (secondary N) is 1. The Morgan fingerprint density at radius 1 is 1.21 bits per heavy atom. The minimum absolute atomic E-state index is 0.251. The molecule has 0 radical (unpaired) electrons. The average molecular weight is 356 g/mol. The highest BCUT2D eigenvalue weighted by molar-refractivity contribution is 6.26. The number of alkyl halides is 4. The summed E-state index contributed by atoms with van der Waals surface area (Å²) in [4.78, 5) is 12.4. The molecule has 1 fully saturated rings. The zero-order valence-corrected chi connectivity index (χ0v) is 13.6. The molecule has 0 saturated heterocycles. The number of hydrogen-bond donors (Lipinski definition) is 1. The van der Waals surface area contributed by atoms with E-state index in [-0.39, 0.29) is 23.4 Å². The van der Waals surface area contributed by atoms with Gasteiger partial charge in [-0.1, -0.05) is 36.4 Å². The Balaban J connectivity index is 1.75. The molecule has 1 N–H and O–H groups in total. The predicted octanol–water partition coefficient (Wildman–Crippen LogP) is 4.56. The molecule has 2 unspecified atom stereocenters. The fourth-order valence-electron chi connectivity index (χ4n) is 3.19. The van der Waals surface area contributed by atoms with E-state index in [0.29, 0.717) is 24.8 Å². The lowest BCUT2D eigenvalue weighted by molar-refractivity contribution is -0.138. The molecule has 0 spiro atoms. The van der Waals surface area contributed by atoms with E-state index in [0.717, 1.165) is 6.07 Å². The summed E-state index contributed by atoms with van der Waals surface area (Å²) in [5.74, 6) is -0.612. The third kappa shape index (κ3) is 3.36. The largest absolute Gasteiger partial charge is 0.416 e. The van der Waals surface area contributed by atoms with E-state index in [9.17, 15) is 18.0 Å². The third-order valence-corrected chi connectivity index (χ3v) is 5.02. The Labute approximate surface area is 143 Å². The van der Waals surface area contributed by atoms with Gasteiger partial charge < -0.3 is 5.32 Å². The van der Waals surface area contributed by atoms with Crippen molar-refractivity contribution in [2.45, 2.75) is 42.8 Å². The molecule has 0 bridgehead atoms. The van der Waals surface area contributed by atoms with Crippen molar-refractivity contribution < 1.29 is 18.0 Å². The summed E-state index contributed by atoms with van der Waals surface area (Å²) in [5.41, 5.74) is 0.0967. The van der Waals surface area contributed by atoms with Crippen LogP contribution >= 0.6 is 11.6 Å². The van der Waals surface area contributed by atoms with Crippen molar-refractivity contribution in [3.05, 3.63) is 59.2 Å². The SMILES string of the molecule is O=C(N[C@H]1CCC1c1ccccc1C(F)(F)F)C1=CC=CCC1Cl. The Hall–Kier alpha value is -1.75. The molecule has 1 saturated carbocycles. The maximum Gasteiger partial charge on any atom is 0.416 e. The standard InChI is InChI=1S/C18H17ClF3NO/c19-15-8-4-2-6-13(15)17(24)23-16-10-9-12(16)11-5-1-3-7-14(11)18(20,21)22/h1-7,12,15-16H,8-10H2,(H,23,24)/t12?,15?,16-/m0/s1. The zero-order chi connectivity index (χ0) is 17.3. The molecule has 0 aromatic heterocycles. The van der Waals surface area contributed by atoms with Gasteiger partial charge in [0.05, 0.1) is 10.9 Å². The molecular formula is C18H17ClF3NO. The molecule has 3 atom stereocenters. The molecule has 2 aliphatic rings. The Morgan fingerprint density at radius 3 is 2.58 bits per heavy atom. The molecule has 2 nitrogen and oxygen atoms in total. The van der Waals surface area contributed by atoms with Gasteiger partial charge in [-0.25, -0.2) is 0 Å². The van der Waals surface area contributed by atoms with E-state index >= 15 is 0 Å². The quantitative estimate of drug-likeness (QED) is 0.791. The van der Waals surface area contributed by atoms with E-state index in [1.807, 2.05) is 6.08 Å². The fourth-order valence-corrected chi connectivity index (χ4v) is 3.47. The van der Waals surface area contributed by atoms with Crippen molar-refractivity contribution in [1.29, 1.82) is 0 Å². The van der Waals surface area contributed by atoms with Crippen LogP contribution in [0.5, 0.6) is 0 Å². The Bertz CT molecular complexity index is 696. The number of carbonyl (C=O) groups excluding carboxylic acids is 1. The van der Waals surface area contributed by atoms with Crippen molar-refractivity contribution in [3.8, 4) is 0 Å². The highest BCUT2D eigenvalue weighted by atomic mass is 35.5. The second-order valence-electron chi connectivity index (χ2n) is 6.10. The van der Waals surface area contributed by atoms with Crippen molar-refractivity contribution in [2.24, 2.45) is 0 Å². The smallest absolute Gasteiger partial charge is 0.349 e. The number of allylic oxidation sites excluding steroid dienone is 3. The van der Waals surface area contributed by atoms with Gasteiger partial charge in [0.25, 0.3) is 0 Å². The van der Waals surface area contributed by atoms with Gasteiger partial charge in [0.2, 0.25) is 5.91 Å². The maximum absolute atomic E-state index is 13.2. The first-order valence-corrected chi connectivity index (χ1v) is 8.29. The van der Waals surface area contributed by atoms with Crippen LogP contribution in [0.4, 0.5) is 13.2 Å². The molecule has 1 amide bonds. The number of benzene rings is 1. The lowest BCUT2D eigenvalue weighted by Gasteiger charge is -2.39. The van der Waals surface area contributed by atoms with E-state index in [4.69, 9.17) is 11.6 Å². The summed E-state index contributed by atoms with van der Waals surface area (Å²) in [5, 5.41) is 2.46. The molecule has 1 aromatic rings. The molecule has 1 aromatic carbocycles. The maximum atomic E-state index is 13.2.